The molecule has 0 saturated carbocycles. The van der Waals surface area contributed by atoms with E-state index in [2.05, 4.69) is 0 Å². The van der Waals surface area contributed by atoms with E-state index in [0.717, 1.165) is 14.0 Å². The number of aryl methyl sites for hydroxylation is 1. The normalized spacial score (nSPS) is 14.5. The second-order valence-electron chi connectivity index (χ2n) is 12.2. The summed E-state index contributed by atoms with van der Waals surface area (Å²) in [6.45, 7) is 3.91. The van der Waals surface area contributed by atoms with E-state index in [1.807, 2.05) is 0 Å². The Morgan fingerprint density at radius 2 is 1.00 bits per heavy atom. The van der Waals surface area contributed by atoms with Crippen molar-refractivity contribution in [3.05, 3.63) is 112 Å². The summed E-state index contributed by atoms with van der Waals surface area (Å²) in [5.41, 5.74) is -9.19. The second kappa shape index (κ2) is 12.4. The van der Waals surface area contributed by atoms with E-state index >= 15 is 26.3 Å². The summed E-state index contributed by atoms with van der Waals surface area (Å²) < 4.78 is 101. The van der Waals surface area contributed by atoms with Gasteiger partial charge in [-0.25, -0.2) is 4.90 Å². The van der Waals surface area contributed by atoms with Crippen LogP contribution in [0.3, 0.4) is 0 Å². The van der Waals surface area contributed by atoms with Gasteiger partial charge in [0, 0.05) is 20.9 Å². The van der Waals surface area contributed by atoms with Crippen molar-refractivity contribution in [2.75, 3.05) is 11.9 Å². The molecule has 2 aliphatic rings. The summed E-state index contributed by atoms with van der Waals surface area (Å²) in [7, 11) is 1.02. The monoisotopic (exact) mass is 738 g/mol. The van der Waals surface area contributed by atoms with E-state index in [0.29, 0.717) is 62.9 Å². The first kappa shape index (κ1) is 36.5. The highest BCUT2D eigenvalue weighted by Crippen LogP contribution is 2.57. The van der Waals surface area contributed by atoms with Crippen molar-refractivity contribution < 1.29 is 64.6 Å². The smallest absolute Gasteiger partial charge is 0.411 e. The molecule has 0 N–H and O–H groups in total. The fraction of sp³-hybridized carbons (Fsp3) is 0.189. The molecular formula is C37H24F6N2O8. The van der Waals surface area contributed by atoms with Crippen LogP contribution in [0.4, 0.5) is 32.0 Å². The number of ether oxygens (including phenoxy) is 2. The first-order chi connectivity index (χ1) is 24.7. The topological polar surface area (TPSA) is 127 Å². The van der Waals surface area contributed by atoms with Gasteiger partial charge in [0.05, 0.1) is 27.9 Å². The molecule has 10 nitrogen and oxygen atoms in total. The van der Waals surface area contributed by atoms with Crippen LogP contribution in [-0.4, -0.2) is 59.9 Å². The fourth-order valence-electron chi connectivity index (χ4n) is 6.43. The number of nitrogens with zero attached hydrogens (tertiary/aromatic N) is 2. The number of hydrogen-bond acceptors (Lipinski definition) is 8. The Bertz CT molecular complexity index is 2300. The van der Waals surface area contributed by atoms with E-state index < -0.39 is 86.7 Å². The number of anilines is 1. The van der Waals surface area contributed by atoms with Gasteiger partial charge in [-0.05, 0) is 77.2 Å². The predicted molar refractivity (Wildman–Crippen MR) is 173 cm³/mol. The summed E-state index contributed by atoms with van der Waals surface area (Å²) in [4.78, 5) is 77.1. The van der Waals surface area contributed by atoms with Crippen molar-refractivity contribution in [3.63, 3.8) is 0 Å². The van der Waals surface area contributed by atoms with Crippen LogP contribution < -0.4 is 14.4 Å². The minimum absolute atomic E-state index is 0.213. The molecule has 0 saturated heterocycles. The summed E-state index contributed by atoms with van der Waals surface area (Å²) in [5, 5.41) is 0. The van der Waals surface area contributed by atoms with Gasteiger partial charge in [0.15, 0.2) is 5.75 Å². The van der Waals surface area contributed by atoms with Gasteiger partial charge in [-0.2, -0.15) is 26.3 Å². The van der Waals surface area contributed by atoms with Crippen LogP contribution in [0.15, 0.2) is 72.8 Å². The zero-order valence-corrected chi connectivity index (χ0v) is 27.9. The molecule has 272 valence electrons. The van der Waals surface area contributed by atoms with Crippen LogP contribution in [-0.2, 0) is 15.0 Å². The minimum atomic E-state index is -6.14. The summed E-state index contributed by atoms with van der Waals surface area (Å²) >= 11 is 0. The number of alkyl halides is 6. The number of rotatable bonds is 6. The molecule has 2 heterocycles. The Balaban J connectivity index is 1.48. The van der Waals surface area contributed by atoms with Crippen LogP contribution in [0.5, 0.6) is 11.5 Å². The van der Waals surface area contributed by atoms with Crippen LogP contribution in [0.25, 0.3) is 11.1 Å². The second-order valence-corrected chi connectivity index (χ2v) is 12.2. The maximum atomic E-state index is 15.1. The lowest BCUT2D eigenvalue weighted by molar-refractivity contribution is -0.288. The molecule has 6 rings (SSSR count). The fourth-order valence-corrected chi connectivity index (χ4v) is 6.43. The number of amides is 4. The third kappa shape index (κ3) is 5.70. The summed E-state index contributed by atoms with van der Waals surface area (Å²) in [6, 6.07) is 11.5. The molecule has 4 amide bonds. The molecule has 2 aliphatic heterocycles. The zero-order chi connectivity index (χ0) is 38.9. The molecule has 16 heteroatoms. The van der Waals surface area contributed by atoms with Crippen LogP contribution in [0.1, 0.15) is 72.0 Å². The average Bonchev–Trinajstić information content (AvgIpc) is 3.43. The van der Waals surface area contributed by atoms with Crippen molar-refractivity contribution in [3.8, 4) is 22.6 Å². The van der Waals surface area contributed by atoms with Gasteiger partial charge in [-0.3, -0.25) is 33.7 Å². The van der Waals surface area contributed by atoms with Gasteiger partial charge >= 0.3 is 24.3 Å². The standard InChI is InChI=1S/C37H24F6N2O8/c1-17-5-6-20(13-29(17)52-18(2)46)21-7-12-28(30(14-21)53-19(3)47)45-33(50)25-11-9-23(16-27(25)34(45)51)35(36(38,39)40,37(41,42)43)22-8-10-24-26(15-22)32(49)44(4)31(24)48/h5-16H,1-4H3. The lowest BCUT2D eigenvalue weighted by Crippen LogP contribution is -2.55. The Kier molecular flexibility index (Phi) is 8.55. The molecule has 0 aliphatic carbocycles. The Labute approximate surface area is 295 Å². The number of carbonyl (C=O) groups excluding carboxylic acids is 6. The quantitative estimate of drug-likeness (QED) is 0.0901. The third-order valence-electron chi connectivity index (χ3n) is 8.92. The van der Waals surface area contributed by atoms with Crippen LogP contribution >= 0.6 is 0 Å². The van der Waals surface area contributed by atoms with Crippen molar-refractivity contribution >= 4 is 41.3 Å². The zero-order valence-electron chi connectivity index (χ0n) is 27.9. The maximum Gasteiger partial charge on any atom is 0.411 e. The molecule has 0 bridgehead atoms. The lowest BCUT2D eigenvalue weighted by atomic mass is 9.71. The van der Waals surface area contributed by atoms with Crippen LogP contribution in [0.2, 0.25) is 0 Å². The van der Waals surface area contributed by atoms with Gasteiger partial charge in [0.25, 0.3) is 23.6 Å². The van der Waals surface area contributed by atoms with E-state index in [4.69, 9.17) is 9.47 Å². The largest absolute Gasteiger partial charge is 0.426 e. The Hall–Kier alpha value is -6.32. The molecule has 0 spiro atoms. The molecule has 0 atom stereocenters. The molecule has 0 fully saturated rings. The van der Waals surface area contributed by atoms with E-state index in [1.165, 1.54) is 31.2 Å². The number of hydrogen-bond donors (Lipinski definition) is 0. The van der Waals surface area contributed by atoms with E-state index in [1.54, 1.807) is 19.1 Å². The molecular weight excluding hydrogens is 714 g/mol. The highest BCUT2D eigenvalue weighted by atomic mass is 19.4. The summed E-state index contributed by atoms with van der Waals surface area (Å²) in [6.07, 6.45) is -12.3. The van der Waals surface area contributed by atoms with Crippen LogP contribution in [0, 0.1) is 6.92 Å². The maximum absolute atomic E-state index is 15.1. The molecule has 53 heavy (non-hydrogen) atoms. The van der Waals surface area contributed by atoms with Crippen molar-refractivity contribution in [2.45, 2.75) is 38.5 Å². The molecule has 0 radical (unpaired) electrons. The molecule has 4 aromatic rings. The minimum Gasteiger partial charge on any atom is -0.426 e. The first-order valence-electron chi connectivity index (χ1n) is 15.4. The van der Waals surface area contributed by atoms with Crippen molar-refractivity contribution in [1.82, 2.24) is 4.90 Å². The molecule has 0 unspecified atom stereocenters. The van der Waals surface area contributed by atoms with Gasteiger partial charge < -0.3 is 9.47 Å². The third-order valence-corrected chi connectivity index (χ3v) is 8.92. The van der Waals surface area contributed by atoms with E-state index in [-0.39, 0.29) is 17.2 Å². The van der Waals surface area contributed by atoms with Crippen molar-refractivity contribution in [2.24, 2.45) is 0 Å². The number of esters is 2. The highest BCUT2D eigenvalue weighted by Gasteiger charge is 2.73. The molecule has 4 aromatic carbocycles. The SMILES string of the molecule is CC(=O)Oc1cc(-c2ccc(N3C(=O)c4ccc(C(c5ccc6c(c5)C(=O)N(C)C6=O)(C(F)(F)F)C(F)(F)F)cc4C3=O)c(OC(C)=O)c2)ccc1C. The Morgan fingerprint density at radius 3 is 1.53 bits per heavy atom. The van der Waals surface area contributed by atoms with Gasteiger partial charge in [0.2, 0.25) is 5.41 Å². The summed E-state index contributed by atoms with van der Waals surface area (Å²) in [5.74, 6) is -6.13. The number of halogens is 6. The first-order valence-corrected chi connectivity index (χ1v) is 15.4. The Morgan fingerprint density at radius 1 is 0.566 bits per heavy atom. The lowest BCUT2D eigenvalue weighted by Gasteiger charge is -2.38. The van der Waals surface area contributed by atoms with Gasteiger partial charge in [-0.15, -0.1) is 0 Å². The molecule has 0 aromatic heterocycles. The number of imide groups is 2. The highest BCUT2D eigenvalue weighted by molar-refractivity contribution is 6.35. The predicted octanol–water partition coefficient (Wildman–Crippen LogP) is 6.95. The number of carbonyl (C=O) groups is 6. The average molecular weight is 739 g/mol. The van der Waals surface area contributed by atoms with Crippen molar-refractivity contribution in [1.29, 1.82) is 0 Å². The van der Waals surface area contributed by atoms with E-state index in [9.17, 15) is 28.8 Å². The number of benzene rings is 4. The number of fused-ring (bicyclic) bond motifs is 2. The van der Waals surface area contributed by atoms with Gasteiger partial charge in [-0.1, -0.05) is 30.3 Å². The van der Waals surface area contributed by atoms with Gasteiger partial charge in [0.1, 0.15) is 5.75 Å².